The van der Waals surface area contributed by atoms with Crippen molar-refractivity contribution >= 4 is 17.9 Å². The van der Waals surface area contributed by atoms with Crippen LogP contribution >= 0.6 is 0 Å². The lowest BCUT2D eigenvalue weighted by Crippen LogP contribution is -2.35. The molecular weight excluding hydrogens is 252 g/mol. The number of amides is 2. The molecule has 2 N–H and O–H groups in total. The maximum Gasteiger partial charge on any atom is 0.244 e. The van der Waals surface area contributed by atoms with Crippen LogP contribution in [0.3, 0.4) is 0 Å². The largest absolute Gasteiger partial charge is 0.354 e. The molecule has 108 valence electrons. The normalized spacial score (nSPS) is 10.8. The summed E-state index contributed by atoms with van der Waals surface area (Å²) < 4.78 is 0. The molecular formula is C16H22N2O2. The highest BCUT2D eigenvalue weighted by molar-refractivity contribution is 5.91. The molecule has 1 rings (SSSR count). The van der Waals surface area contributed by atoms with Crippen molar-refractivity contribution in [3.63, 3.8) is 0 Å². The van der Waals surface area contributed by atoms with Gasteiger partial charge in [0.2, 0.25) is 11.8 Å². The van der Waals surface area contributed by atoms with Gasteiger partial charge in [-0.25, -0.2) is 0 Å². The molecule has 0 fully saturated rings. The van der Waals surface area contributed by atoms with Crippen LogP contribution in [0.4, 0.5) is 0 Å². The summed E-state index contributed by atoms with van der Waals surface area (Å²) in [4.78, 5) is 22.8. The summed E-state index contributed by atoms with van der Waals surface area (Å²) in [6.45, 7) is 6.55. The standard InChI is InChI=1S/C16H22N2O2/c1-12(2)16(20)18-11-10-17-15(19)9-8-14-6-4-13(3)5-7-14/h4-9,12H,10-11H2,1-3H3,(H,17,19)(H,18,20)/b9-8+. The third kappa shape index (κ3) is 6.18. The van der Waals surface area contributed by atoms with E-state index < -0.39 is 0 Å². The molecule has 0 radical (unpaired) electrons. The average molecular weight is 274 g/mol. The molecule has 1 aromatic rings. The van der Waals surface area contributed by atoms with Crippen molar-refractivity contribution in [3.05, 3.63) is 41.5 Å². The van der Waals surface area contributed by atoms with E-state index in [2.05, 4.69) is 10.6 Å². The summed E-state index contributed by atoms with van der Waals surface area (Å²) in [6, 6.07) is 7.92. The molecule has 0 spiro atoms. The first-order valence-electron chi connectivity index (χ1n) is 6.79. The molecule has 0 atom stereocenters. The smallest absolute Gasteiger partial charge is 0.244 e. The molecule has 0 aliphatic rings. The van der Waals surface area contributed by atoms with Gasteiger partial charge >= 0.3 is 0 Å². The summed E-state index contributed by atoms with van der Waals surface area (Å²) in [5, 5.41) is 5.46. The fraction of sp³-hybridized carbons (Fsp3) is 0.375. The predicted octanol–water partition coefficient (Wildman–Crippen LogP) is 1.90. The maximum absolute atomic E-state index is 11.6. The van der Waals surface area contributed by atoms with Crippen molar-refractivity contribution in [1.82, 2.24) is 10.6 Å². The van der Waals surface area contributed by atoms with Crippen molar-refractivity contribution in [2.75, 3.05) is 13.1 Å². The van der Waals surface area contributed by atoms with Crippen molar-refractivity contribution < 1.29 is 9.59 Å². The summed E-state index contributed by atoms with van der Waals surface area (Å²) in [6.07, 6.45) is 3.26. The van der Waals surface area contributed by atoms with Gasteiger partial charge in [-0.05, 0) is 18.6 Å². The fourth-order valence-electron chi connectivity index (χ4n) is 1.48. The van der Waals surface area contributed by atoms with E-state index in [9.17, 15) is 9.59 Å². The first-order chi connectivity index (χ1) is 9.49. The first kappa shape index (κ1) is 16.0. The molecule has 4 nitrogen and oxygen atoms in total. The molecule has 1 aromatic carbocycles. The number of hydrogen-bond donors (Lipinski definition) is 2. The molecule has 0 aromatic heterocycles. The van der Waals surface area contributed by atoms with Gasteiger partial charge in [-0.3, -0.25) is 9.59 Å². The van der Waals surface area contributed by atoms with Crippen molar-refractivity contribution in [2.45, 2.75) is 20.8 Å². The van der Waals surface area contributed by atoms with Gasteiger partial charge in [0.05, 0.1) is 0 Å². The Kier molecular flexibility index (Phi) is 6.50. The van der Waals surface area contributed by atoms with Gasteiger partial charge in [0.1, 0.15) is 0 Å². The molecule has 0 aliphatic heterocycles. The molecule has 0 saturated carbocycles. The lowest BCUT2D eigenvalue weighted by molar-refractivity contribution is -0.124. The molecule has 0 saturated heterocycles. The summed E-state index contributed by atoms with van der Waals surface area (Å²) in [5.74, 6) is -0.203. The van der Waals surface area contributed by atoms with Crippen LogP contribution in [0, 0.1) is 12.8 Å². The van der Waals surface area contributed by atoms with E-state index in [0.717, 1.165) is 5.56 Å². The van der Waals surface area contributed by atoms with Gasteiger partial charge in [0.15, 0.2) is 0 Å². The maximum atomic E-state index is 11.6. The van der Waals surface area contributed by atoms with Crippen LogP contribution in [-0.4, -0.2) is 24.9 Å². The van der Waals surface area contributed by atoms with E-state index in [1.165, 1.54) is 11.6 Å². The number of rotatable bonds is 6. The van der Waals surface area contributed by atoms with Crippen molar-refractivity contribution in [1.29, 1.82) is 0 Å². The van der Waals surface area contributed by atoms with Crippen LogP contribution in [0.1, 0.15) is 25.0 Å². The lowest BCUT2D eigenvalue weighted by Gasteiger charge is -2.07. The number of aryl methyl sites for hydroxylation is 1. The zero-order valence-electron chi connectivity index (χ0n) is 12.3. The minimum atomic E-state index is -0.163. The van der Waals surface area contributed by atoms with Gasteiger partial charge in [0.25, 0.3) is 0 Å². The Labute approximate surface area is 120 Å². The summed E-state index contributed by atoms with van der Waals surface area (Å²) in [7, 11) is 0. The van der Waals surface area contributed by atoms with Crippen LogP contribution < -0.4 is 10.6 Å². The number of nitrogens with one attached hydrogen (secondary N) is 2. The molecule has 0 unspecified atom stereocenters. The molecule has 4 heteroatoms. The Morgan fingerprint density at radius 2 is 1.70 bits per heavy atom. The van der Waals surface area contributed by atoms with Crippen LogP contribution in [0.5, 0.6) is 0 Å². The van der Waals surface area contributed by atoms with Gasteiger partial charge in [-0.15, -0.1) is 0 Å². The Morgan fingerprint density at radius 3 is 2.30 bits per heavy atom. The zero-order valence-corrected chi connectivity index (χ0v) is 12.3. The minimum Gasteiger partial charge on any atom is -0.354 e. The topological polar surface area (TPSA) is 58.2 Å². The van der Waals surface area contributed by atoms with Crippen LogP contribution in [0.25, 0.3) is 6.08 Å². The number of carbonyl (C=O) groups is 2. The highest BCUT2D eigenvalue weighted by Gasteiger charge is 2.04. The quantitative estimate of drug-likeness (QED) is 0.615. The van der Waals surface area contributed by atoms with E-state index in [1.54, 1.807) is 6.08 Å². The van der Waals surface area contributed by atoms with Gasteiger partial charge in [-0.2, -0.15) is 0 Å². The van der Waals surface area contributed by atoms with Crippen molar-refractivity contribution in [3.8, 4) is 0 Å². The second-order valence-electron chi connectivity index (χ2n) is 4.98. The van der Waals surface area contributed by atoms with Crippen LogP contribution in [0.2, 0.25) is 0 Å². The second-order valence-corrected chi connectivity index (χ2v) is 4.98. The Morgan fingerprint density at radius 1 is 1.10 bits per heavy atom. The van der Waals surface area contributed by atoms with Gasteiger partial charge in [-0.1, -0.05) is 43.7 Å². The second kappa shape index (κ2) is 8.15. The molecule has 20 heavy (non-hydrogen) atoms. The summed E-state index contributed by atoms with van der Waals surface area (Å²) >= 11 is 0. The summed E-state index contributed by atoms with van der Waals surface area (Å²) in [5.41, 5.74) is 2.17. The Bertz CT molecular complexity index is 476. The number of hydrogen-bond acceptors (Lipinski definition) is 2. The van der Waals surface area contributed by atoms with E-state index in [-0.39, 0.29) is 17.7 Å². The first-order valence-corrected chi connectivity index (χ1v) is 6.79. The Balaban J connectivity index is 2.26. The Hall–Kier alpha value is -2.10. The SMILES string of the molecule is Cc1ccc(/C=C/C(=O)NCCNC(=O)C(C)C)cc1. The van der Waals surface area contributed by atoms with Crippen LogP contribution in [-0.2, 0) is 9.59 Å². The van der Waals surface area contributed by atoms with Crippen molar-refractivity contribution in [2.24, 2.45) is 5.92 Å². The monoisotopic (exact) mass is 274 g/mol. The number of carbonyl (C=O) groups excluding carboxylic acids is 2. The minimum absolute atomic E-state index is 0.00514. The predicted molar refractivity (Wildman–Crippen MR) is 81.1 cm³/mol. The molecule has 0 aliphatic carbocycles. The lowest BCUT2D eigenvalue weighted by atomic mass is 10.1. The third-order valence-corrected chi connectivity index (χ3v) is 2.75. The number of benzene rings is 1. The highest BCUT2D eigenvalue weighted by atomic mass is 16.2. The van der Waals surface area contributed by atoms with E-state index >= 15 is 0 Å². The zero-order chi connectivity index (χ0) is 15.0. The van der Waals surface area contributed by atoms with Gasteiger partial charge in [0, 0.05) is 25.1 Å². The highest BCUT2D eigenvalue weighted by Crippen LogP contribution is 2.04. The molecule has 2 amide bonds. The van der Waals surface area contributed by atoms with Gasteiger partial charge < -0.3 is 10.6 Å². The van der Waals surface area contributed by atoms with E-state index in [0.29, 0.717) is 13.1 Å². The van der Waals surface area contributed by atoms with E-state index in [1.807, 2.05) is 45.0 Å². The van der Waals surface area contributed by atoms with Crippen LogP contribution in [0.15, 0.2) is 30.3 Å². The third-order valence-electron chi connectivity index (χ3n) is 2.75. The van der Waals surface area contributed by atoms with E-state index in [4.69, 9.17) is 0 Å². The molecule has 0 bridgehead atoms. The fourth-order valence-corrected chi connectivity index (χ4v) is 1.48. The average Bonchev–Trinajstić information content (AvgIpc) is 2.42. The molecule has 0 heterocycles.